The second-order valence-corrected chi connectivity index (χ2v) is 2.72. The quantitative estimate of drug-likeness (QED) is 0.575. The normalized spacial score (nSPS) is 7.93. The van der Waals surface area contributed by atoms with Gasteiger partial charge in [0.05, 0.1) is 0 Å². The zero-order valence-corrected chi connectivity index (χ0v) is 8.72. The zero-order valence-electron chi connectivity index (χ0n) is 8.72. The van der Waals surface area contributed by atoms with Crippen molar-refractivity contribution < 1.29 is 16.4 Å². The van der Waals surface area contributed by atoms with Gasteiger partial charge >= 0.3 is 0 Å². The van der Waals surface area contributed by atoms with Gasteiger partial charge in [-0.2, -0.15) is 0 Å². The Morgan fingerprint density at radius 2 is 1.43 bits per heavy atom. The van der Waals surface area contributed by atoms with Crippen LogP contribution in [0.1, 0.15) is 18.3 Å². The lowest BCUT2D eigenvalue weighted by molar-refractivity contribution is 0.699. The van der Waals surface area contributed by atoms with Crippen LogP contribution >= 0.6 is 0 Å². The number of nitrogens with zero attached hydrogens (tertiary/aromatic N) is 1. The third kappa shape index (κ3) is 3.69. The van der Waals surface area contributed by atoms with Crippen LogP contribution in [0.15, 0.2) is 16.9 Å². The van der Waals surface area contributed by atoms with Crippen LogP contribution in [-0.2, 0) is 6.54 Å². The lowest BCUT2D eigenvalue weighted by Gasteiger charge is -2.10. The molecule has 0 aromatic carbocycles. The van der Waals surface area contributed by atoms with E-state index in [-0.39, 0.29) is 21.9 Å². The predicted octanol–water partition coefficient (Wildman–Crippen LogP) is -0.989. The summed E-state index contributed by atoms with van der Waals surface area (Å²) >= 11 is 0. The number of aryl methyl sites for hydroxylation is 2. The van der Waals surface area contributed by atoms with Gasteiger partial charge in [-0.25, -0.2) is 0 Å². The third-order valence-electron chi connectivity index (χ3n) is 1.87. The molecule has 0 bridgehead atoms. The molecular weight excluding hydrogens is 186 g/mol. The second-order valence-electron chi connectivity index (χ2n) is 2.72. The fraction of sp³-hybridized carbons (Fsp3) is 0.444. The highest BCUT2D eigenvalue weighted by molar-refractivity contribution is 5.11. The third-order valence-corrected chi connectivity index (χ3v) is 1.87. The molecule has 0 unspecified atom stereocenters. The molecule has 0 aliphatic carbocycles. The highest BCUT2D eigenvalue weighted by Gasteiger charge is 1.96. The summed E-state index contributed by atoms with van der Waals surface area (Å²) in [5.41, 5.74) is 2.18. The lowest BCUT2D eigenvalue weighted by Crippen LogP contribution is -2.11. The maximum atomic E-state index is 11.0. The number of pyridine rings is 1. The summed E-state index contributed by atoms with van der Waals surface area (Å²) in [6.07, 6.45) is 0. The number of hydrogen-bond acceptors (Lipinski definition) is 1. The van der Waals surface area contributed by atoms with E-state index in [9.17, 15) is 4.79 Å². The molecule has 1 aromatic rings. The number of hydrogen-bond donors (Lipinski definition) is 0. The first-order valence-electron chi connectivity index (χ1n) is 3.83. The minimum atomic E-state index is 0. The Morgan fingerprint density at radius 3 is 1.71 bits per heavy atom. The molecule has 5 nitrogen and oxygen atoms in total. The smallest absolute Gasteiger partial charge is 0.182 e. The maximum Gasteiger partial charge on any atom is 0.182 e. The van der Waals surface area contributed by atoms with E-state index in [1.54, 1.807) is 12.1 Å². The Kier molecular flexibility index (Phi) is 9.63. The Balaban J connectivity index is -0.000000403. The average molecular weight is 205 g/mol. The van der Waals surface area contributed by atoms with E-state index in [2.05, 4.69) is 11.5 Å². The highest BCUT2D eigenvalue weighted by Crippen LogP contribution is 1.99. The molecule has 14 heavy (non-hydrogen) atoms. The van der Waals surface area contributed by atoms with Crippen molar-refractivity contribution in [3.05, 3.63) is 33.7 Å². The van der Waals surface area contributed by atoms with Crippen molar-refractivity contribution in [3.63, 3.8) is 0 Å². The lowest BCUT2D eigenvalue weighted by atomic mass is 10.3. The van der Waals surface area contributed by atoms with Crippen LogP contribution in [0.5, 0.6) is 0 Å². The van der Waals surface area contributed by atoms with Gasteiger partial charge in [0.15, 0.2) is 5.43 Å². The van der Waals surface area contributed by atoms with Crippen LogP contribution < -0.4 is 5.43 Å². The molecule has 0 aliphatic rings. The summed E-state index contributed by atoms with van der Waals surface area (Å²) in [4.78, 5) is 11.0. The average Bonchev–Trinajstić information content (AvgIpc) is 1.85. The van der Waals surface area contributed by atoms with Crippen LogP contribution in [0.3, 0.4) is 0 Å². The van der Waals surface area contributed by atoms with E-state index in [1.165, 1.54) is 0 Å². The first kappa shape index (κ1) is 18.6. The molecule has 1 rings (SSSR count). The standard InChI is InChI=1S/C9H13NO.3H2O/c1-4-10-7(2)5-9(11)6-8(10)3;;;/h5-6H,4H2,1-3H3;3*1H2. The summed E-state index contributed by atoms with van der Waals surface area (Å²) in [6, 6.07) is 3.33. The van der Waals surface area contributed by atoms with Gasteiger partial charge in [-0.05, 0) is 20.8 Å². The van der Waals surface area contributed by atoms with Crippen molar-refractivity contribution in [2.45, 2.75) is 27.3 Å². The zero-order chi connectivity index (χ0) is 8.43. The number of rotatable bonds is 1. The maximum absolute atomic E-state index is 11.0. The minimum absolute atomic E-state index is 0. The van der Waals surface area contributed by atoms with Gasteiger partial charge in [0.1, 0.15) is 0 Å². The van der Waals surface area contributed by atoms with Crippen molar-refractivity contribution >= 4 is 0 Å². The largest absolute Gasteiger partial charge is 0.412 e. The van der Waals surface area contributed by atoms with Crippen LogP contribution in [0.2, 0.25) is 0 Å². The van der Waals surface area contributed by atoms with Crippen molar-refractivity contribution in [2.24, 2.45) is 0 Å². The summed E-state index contributed by atoms with van der Waals surface area (Å²) in [5, 5.41) is 0. The Labute approximate surface area is 82.9 Å². The van der Waals surface area contributed by atoms with Gasteiger partial charge in [0.25, 0.3) is 0 Å². The van der Waals surface area contributed by atoms with Crippen LogP contribution in [0, 0.1) is 13.8 Å². The molecule has 1 heterocycles. The van der Waals surface area contributed by atoms with Crippen molar-refractivity contribution in [2.75, 3.05) is 0 Å². The van der Waals surface area contributed by atoms with Crippen LogP contribution in [0.4, 0.5) is 0 Å². The van der Waals surface area contributed by atoms with Crippen LogP contribution in [0.25, 0.3) is 0 Å². The molecule has 0 saturated heterocycles. The molecule has 5 heteroatoms. The van der Waals surface area contributed by atoms with E-state index >= 15 is 0 Å². The van der Waals surface area contributed by atoms with E-state index in [1.807, 2.05) is 13.8 Å². The molecule has 0 aliphatic heterocycles. The van der Waals surface area contributed by atoms with Crippen molar-refractivity contribution in [3.8, 4) is 0 Å². The first-order valence-corrected chi connectivity index (χ1v) is 3.83. The molecule has 0 atom stereocenters. The number of aromatic nitrogens is 1. The Morgan fingerprint density at radius 1 is 1.07 bits per heavy atom. The fourth-order valence-corrected chi connectivity index (χ4v) is 1.39. The summed E-state index contributed by atoms with van der Waals surface area (Å²) < 4.78 is 2.11. The SMILES string of the molecule is CCn1c(C)cc(=O)cc1C.O.O.O. The van der Waals surface area contributed by atoms with Crippen molar-refractivity contribution in [1.29, 1.82) is 0 Å². The van der Waals surface area contributed by atoms with Crippen molar-refractivity contribution in [1.82, 2.24) is 4.57 Å². The molecule has 0 radical (unpaired) electrons. The van der Waals surface area contributed by atoms with Gasteiger partial charge in [-0.1, -0.05) is 0 Å². The van der Waals surface area contributed by atoms with Gasteiger partial charge in [0, 0.05) is 30.1 Å². The van der Waals surface area contributed by atoms with Gasteiger partial charge in [-0.3, -0.25) is 4.79 Å². The summed E-state index contributed by atoms with van der Waals surface area (Å²) in [7, 11) is 0. The van der Waals surface area contributed by atoms with Crippen LogP contribution in [-0.4, -0.2) is 21.0 Å². The van der Waals surface area contributed by atoms with Gasteiger partial charge in [-0.15, -0.1) is 0 Å². The van der Waals surface area contributed by atoms with E-state index in [4.69, 9.17) is 0 Å². The molecule has 0 amide bonds. The predicted molar refractivity (Wildman–Crippen MR) is 56.7 cm³/mol. The molecular formula is C9H19NO4. The molecule has 6 N–H and O–H groups in total. The topological polar surface area (TPSA) is 116 Å². The first-order chi connectivity index (χ1) is 5.15. The molecule has 84 valence electrons. The fourth-order valence-electron chi connectivity index (χ4n) is 1.39. The second kappa shape index (κ2) is 7.25. The Hall–Kier alpha value is -1.17. The minimum Gasteiger partial charge on any atom is -0.412 e. The van der Waals surface area contributed by atoms with E-state index < -0.39 is 0 Å². The summed E-state index contributed by atoms with van der Waals surface area (Å²) in [6.45, 7) is 6.91. The van der Waals surface area contributed by atoms with Gasteiger partial charge in [0.2, 0.25) is 0 Å². The van der Waals surface area contributed by atoms with E-state index in [0.717, 1.165) is 17.9 Å². The van der Waals surface area contributed by atoms with Gasteiger partial charge < -0.3 is 21.0 Å². The molecule has 0 saturated carbocycles. The van der Waals surface area contributed by atoms with E-state index in [0.29, 0.717) is 0 Å². The molecule has 0 fully saturated rings. The molecule has 0 spiro atoms. The summed E-state index contributed by atoms with van der Waals surface area (Å²) in [5.74, 6) is 0. The Bertz CT molecular complexity index is 293. The monoisotopic (exact) mass is 205 g/mol. The highest BCUT2D eigenvalue weighted by atomic mass is 16.1. The molecule has 1 aromatic heterocycles.